The quantitative estimate of drug-likeness (QED) is 0.138. The lowest BCUT2D eigenvalue weighted by Gasteiger charge is -2.34. The molecule has 4 nitrogen and oxygen atoms in total. The van der Waals surface area contributed by atoms with E-state index in [1.54, 1.807) is 12.1 Å². The highest BCUT2D eigenvalue weighted by Crippen LogP contribution is 2.57. The molecule has 5 aromatic carbocycles. The SMILES string of the molecule is Nc1cc(C2(c3ccc(O)c(N)c3)c3ccccc3-c3cc(C#Cc4ccccc4)ccc32)ccc1O. The van der Waals surface area contributed by atoms with Crippen LogP contribution in [0.4, 0.5) is 11.4 Å². The van der Waals surface area contributed by atoms with Gasteiger partial charge in [-0.3, -0.25) is 0 Å². The Morgan fingerprint density at radius 3 is 1.73 bits per heavy atom. The zero-order valence-corrected chi connectivity index (χ0v) is 19.9. The summed E-state index contributed by atoms with van der Waals surface area (Å²) >= 11 is 0. The van der Waals surface area contributed by atoms with E-state index >= 15 is 0 Å². The van der Waals surface area contributed by atoms with E-state index in [-0.39, 0.29) is 11.5 Å². The van der Waals surface area contributed by atoms with E-state index in [0.29, 0.717) is 11.4 Å². The van der Waals surface area contributed by atoms with Gasteiger partial charge in [-0.1, -0.05) is 72.5 Å². The van der Waals surface area contributed by atoms with Crippen LogP contribution in [0.3, 0.4) is 0 Å². The third-order valence-corrected chi connectivity index (χ3v) is 7.09. The van der Waals surface area contributed by atoms with E-state index in [0.717, 1.165) is 44.5 Å². The first-order valence-corrected chi connectivity index (χ1v) is 12.0. The summed E-state index contributed by atoms with van der Waals surface area (Å²) in [5.41, 5.74) is 20.1. The van der Waals surface area contributed by atoms with Crippen molar-refractivity contribution < 1.29 is 10.2 Å². The lowest BCUT2D eigenvalue weighted by molar-refractivity contribution is 0.477. The largest absolute Gasteiger partial charge is 0.506 e. The smallest absolute Gasteiger partial charge is 0.138 e. The first-order chi connectivity index (χ1) is 18.0. The van der Waals surface area contributed by atoms with Crippen molar-refractivity contribution in [2.24, 2.45) is 0 Å². The summed E-state index contributed by atoms with van der Waals surface area (Å²) in [6, 6.07) is 35.1. The zero-order chi connectivity index (χ0) is 25.6. The van der Waals surface area contributed by atoms with Crippen LogP contribution in [-0.2, 0) is 5.41 Å². The Labute approximate surface area is 215 Å². The Balaban J connectivity index is 1.65. The molecule has 0 saturated heterocycles. The van der Waals surface area contributed by atoms with Crippen LogP contribution in [0.15, 0.2) is 109 Å². The maximum atomic E-state index is 10.2. The standard InChI is InChI=1S/C33H24N2O2/c34-29-19-23(13-16-31(29)36)33(24-14-17-32(37)30(35)20-24)27-9-5-4-8-25(27)26-18-22(12-15-28(26)33)11-10-21-6-2-1-3-7-21/h1-9,12-20,36-37H,34-35H2. The second-order valence-electron chi connectivity index (χ2n) is 9.22. The molecule has 0 amide bonds. The first kappa shape index (κ1) is 22.3. The number of hydrogen-bond acceptors (Lipinski definition) is 4. The molecule has 0 spiro atoms. The monoisotopic (exact) mass is 480 g/mol. The fourth-order valence-electron chi connectivity index (χ4n) is 5.39. The van der Waals surface area contributed by atoms with Crippen molar-refractivity contribution in [2.75, 3.05) is 11.5 Å². The fourth-order valence-corrected chi connectivity index (χ4v) is 5.39. The van der Waals surface area contributed by atoms with Crippen LogP contribution in [0.2, 0.25) is 0 Å². The van der Waals surface area contributed by atoms with Crippen LogP contribution in [0.1, 0.15) is 33.4 Å². The van der Waals surface area contributed by atoms with E-state index in [4.69, 9.17) is 11.5 Å². The van der Waals surface area contributed by atoms with E-state index in [1.807, 2.05) is 72.8 Å². The molecule has 4 heteroatoms. The molecule has 0 fully saturated rings. The number of anilines is 2. The molecule has 0 atom stereocenters. The number of benzene rings is 5. The third-order valence-electron chi connectivity index (χ3n) is 7.09. The first-order valence-electron chi connectivity index (χ1n) is 12.0. The van der Waals surface area contributed by atoms with E-state index in [1.165, 1.54) is 0 Å². The molecule has 0 bridgehead atoms. The van der Waals surface area contributed by atoms with Crippen LogP contribution in [-0.4, -0.2) is 10.2 Å². The Bertz CT molecular complexity index is 1680. The molecule has 0 aromatic heterocycles. The Morgan fingerprint density at radius 2 is 1.08 bits per heavy atom. The Morgan fingerprint density at radius 1 is 0.514 bits per heavy atom. The van der Waals surface area contributed by atoms with Gasteiger partial charge in [-0.05, 0) is 81.9 Å². The van der Waals surface area contributed by atoms with Gasteiger partial charge >= 0.3 is 0 Å². The second-order valence-corrected chi connectivity index (χ2v) is 9.22. The predicted molar refractivity (Wildman–Crippen MR) is 148 cm³/mol. The Kier molecular flexibility index (Phi) is 5.14. The van der Waals surface area contributed by atoms with E-state index in [2.05, 4.69) is 36.1 Å². The van der Waals surface area contributed by atoms with Crippen LogP contribution < -0.4 is 11.5 Å². The minimum atomic E-state index is -0.763. The molecular formula is C33H24N2O2. The highest BCUT2D eigenvalue weighted by Gasteiger charge is 2.46. The van der Waals surface area contributed by atoms with Crippen molar-refractivity contribution in [3.05, 3.63) is 143 Å². The van der Waals surface area contributed by atoms with Crippen molar-refractivity contribution in [3.8, 4) is 34.5 Å². The molecule has 1 aliphatic carbocycles. The number of phenols is 2. The zero-order valence-electron chi connectivity index (χ0n) is 19.9. The molecule has 37 heavy (non-hydrogen) atoms. The number of nitrogens with two attached hydrogens (primary N) is 2. The van der Waals surface area contributed by atoms with Crippen LogP contribution in [0.25, 0.3) is 11.1 Å². The van der Waals surface area contributed by atoms with Gasteiger partial charge in [-0.15, -0.1) is 0 Å². The summed E-state index contributed by atoms with van der Waals surface area (Å²) in [5.74, 6) is 6.61. The lowest BCUT2D eigenvalue weighted by Crippen LogP contribution is -2.28. The number of hydrogen-bond donors (Lipinski definition) is 4. The van der Waals surface area contributed by atoms with Gasteiger partial charge < -0.3 is 21.7 Å². The summed E-state index contributed by atoms with van der Waals surface area (Å²) < 4.78 is 0. The maximum Gasteiger partial charge on any atom is 0.138 e. The molecule has 0 aliphatic heterocycles. The number of aromatic hydroxyl groups is 2. The topological polar surface area (TPSA) is 92.5 Å². The fraction of sp³-hybridized carbons (Fsp3) is 0.0303. The average Bonchev–Trinajstić information content (AvgIpc) is 3.22. The summed E-state index contributed by atoms with van der Waals surface area (Å²) in [4.78, 5) is 0. The summed E-state index contributed by atoms with van der Waals surface area (Å²) in [7, 11) is 0. The summed E-state index contributed by atoms with van der Waals surface area (Å²) in [6.45, 7) is 0. The van der Waals surface area contributed by atoms with Gasteiger partial charge in [0.1, 0.15) is 11.5 Å². The van der Waals surface area contributed by atoms with Crippen molar-refractivity contribution in [1.82, 2.24) is 0 Å². The lowest BCUT2D eigenvalue weighted by atomic mass is 9.67. The molecule has 6 rings (SSSR count). The molecule has 1 aliphatic rings. The van der Waals surface area contributed by atoms with Crippen molar-refractivity contribution in [1.29, 1.82) is 0 Å². The van der Waals surface area contributed by atoms with Crippen molar-refractivity contribution in [3.63, 3.8) is 0 Å². The second kappa shape index (κ2) is 8.51. The molecule has 0 saturated carbocycles. The molecule has 0 radical (unpaired) electrons. The minimum Gasteiger partial charge on any atom is -0.506 e. The molecular weight excluding hydrogens is 456 g/mol. The summed E-state index contributed by atoms with van der Waals surface area (Å²) in [6.07, 6.45) is 0. The van der Waals surface area contributed by atoms with Gasteiger partial charge in [0, 0.05) is 11.1 Å². The Hall–Kier alpha value is -5.14. The molecule has 0 heterocycles. The highest BCUT2D eigenvalue weighted by molar-refractivity contribution is 5.87. The van der Waals surface area contributed by atoms with Gasteiger partial charge in [-0.2, -0.15) is 0 Å². The normalized spacial score (nSPS) is 12.8. The van der Waals surface area contributed by atoms with Crippen molar-refractivity contribution in [2.45, 2.75) is 5.41 Å². The number of phenolic OH excluding ortho intramolecular Hbond substituents is 2. The van der Waals surface area contributed by atoms with Crippen molar-refractivity contribution >= 4 is 11.4 Å². The average molecular weight is 481 g/mol. The molecule has 0 unspecified atom stereocenters. The predicted octanol–water partition coefficient (Wildman–Crippen LogP) is 6.03. The van der Waals surface area contributed by atoms with E-state index < -0.39 is 5.41 Å². The van der Waals surface area contributed by atoms with Crippen LogP contribution >= 0.6 is 0 Å². The molecule has 5 aromatic rings. The van der Waals surface area contributed by atoms with Crippen LogP contribution in [0, 0.1) is 11.8 Å². The van der Waals surface area contributed by atoms with Gasteiger partial charge in [0.2, 0.25) is 0 Å². The molecule has 6 N–H and O–H groups in total. The van der Waals surface area contributed by atoms with Gasteiger partial charge in [0.05, 0.1) is 16.8 Å². The van der Waals surface area contributed by atoms with Gasteiger partial charge in [0.15, 0.2) is 0 Å². The number of fused-ring (bicyclic) bond motifs is 3. The highest BCUT2D eigenvalue weighted by atomic mass is 16.3. The van der Waals surface area contributed by atoms with Gasteiger partial charge in [0.25, 0.3) is 0 Å². The van der Waals surface area contributed by atoms with E-state index in [9.17, 15) is 10.2 Å². The maximum absolute atomic E-state index is 10.2. The van der Waals surface area contributed by atoms with Gasteiger partial charge in [-0.25, -0.2) is 0 Å². The summed E-state index contributed by atoms with van der Waals surface area (Å²) in [5, 5.41) is 20.4. The minimum absolute atomic E-state index is 0.0298. The molecule has 178 valence electrons. The third kappa shape index (κ3) is 3.49. The number of rotatable bonds is 2. The van der Waals surface area contributed by atoms with Crippen LogP contribution in [0.5, 0.6) is 11.5 Å². The number of nitrogen functional groups attached to an aromatic ring is 2.